The van der Waals surface area contributed by atoms with Gasteiger partial charge in [-0.2, -0.15) is 0 Å². The van der Waals surface area contributed by atoms with Crippen molar-refractivity contribution < 1.29 is 14.3 Å². The average Bonchev–Trinajstić information content (AvgIpc) is 2.93. The van der Waals surface area contributed by atoms with Gasteiger partial charge in [-0.25, -0.2) is 4.79 Å². The van der Waals surface area contributed by atoms with Crippen LogP contribution in [0.1, 0.15) is 40.0 Å². The molecular formula is C13H20ClNO3. The molecule has 0 aromatic heterocycles. The number of carbonyl (C=O) groups excluding carboxylic acids is 2. The Morgan fingerprint density at radius 1 is 1.39 bits per heavy atom. The highest BCUT2D eigenvalue weighted by molar-refractivity contribution is 6.30. The van der Waals surface area contributed by atoms with Gasteiger partial charge < -0.3 is 4.74 Å². The Hall–Kier alpha value is -1.03. The molecule has 102 valence electrons. The van der Waals surface area contributed by atoms with E-state index in [9.17, 15) is 9.59 Å². The van der Waals surface area contributed by atoms with Crippen LogP contribution in [0, 0.1) is 0 Å². The van der Waals surface area contributed by atoms with Gasteiger partial charge >= 0.3 is 6.09 Å². The summed E-state index contributed by atoms with van der Waals surface area (Å²) < 4.78 is 5.26. The molecular weight excluding hydrogens is 254 g/mol. The fraction of sp³-hybridized carbons (Fsp3) is 0.692. The van der Waals surface area contributed by atoms with Crippen molar-refractivity contribution in [2.24, 2.45) is 0 Å². The van der Waals surface area contributed by atoms with Crippen LogP contribution in [0.4, 0.5) is 4.79 Å². The standard InChI is InChI=1S/C13H20ClNO3/c1-9(14)8-10(16)13(6-7-13)15(5)11(17)18-12(2,3)4/h1,6-8H2,2-5H3. The Balaban J connectivity index is 2.71. The molecule has 1 aliphatic rings. The second-order valence-corrected chi connectivity index (χ2v) is 6.22. The summed E-state index contributed by atoms with van der Waals surface area (Å²) in [5, 5.41) is 0.295. The van der Waals surface area contributed by atoms with Crippen molar-refractivity contribution >= 4 is 23.5 Å². The molecule has 0 bridgehead atoms. The molecule has 0 aliphatic heterocycles. The lowest BCUT2D eigenvalue weighted by Gasteiger charge is -2.30. The summed E-state index contributed by atoms with van der Waals surface area (Å²) in [4.78, 5) is 25.4. The molecule has 0 radical (unpaired) electrons. The van der Waals surface area contributed by atoms with Crippen LogP contribution in [-0.4, -0.2) is 35.0 Å². The Kier molecular flexibility index (Phi) is 4.11. The first-order valence-corrected chi connectivity index (χ1v) is 6.30. The fourth-order valence-electron chi connectivity index (χ4n) is 1.76. The monoisotopic (exact) mass is 273 g/mol. The summed E-state index contributed by atoms with van der Waals surface area (Å²) in [5.41, 5.74) is -1.30. The number of ketones is 1. The van der Waals surface area contributed by atoms with Crippen LogP contribution in [-0.2, 0) is 9.53 Å². The predicted octanol–water partition coefficient (Wildman–Crippen LogP) is 3.10. The minimum atomic E-state index is -0.736. The summed E-state index contributed by atoms with van der Waals surface area (Å²) in [7, 11) is 1.59. The summed E-state index contributed by atoms with van der Waals surface area (Å²) >= 11 is 5.65. The lowest BCUT2D eigenvalue weighted by Crippen LogP contribution is -2.46. The molecule has 0 heterocycles. The lowest BCUT2D eigenvalue weighted by atomic mass is 10.1. The molecule has 0 saturated heterocycles. The van der Waals surface area contributed by atoms with E-state index in [-0.39, 0.29) is 12.2 Å². The third-order valence-electron chi connectivity index (χ3n) is 2.90. The second kappa shape index (κ2) is 4.92. The molecule has 1 aliphatic carbocycles. The normalized spacial score (nSPS) is 16.9. The van der Waals surface area contributed by atoms with Crippen molar-refractivity contribution in [2.45, 2.75) is 51.2 Å². The SMILES string of the molecule is C=C(Cl)CC(=O)C1(N(C)C(=O)OC(C)(C)C)CC1. The fourth-order valence-corrected chi connectivity index (χ4v) is 1.88. The minimum absolute atomic E-state index is 0.0733. The van der Waals surface area contributed by atoms with Gasteiger partial charge in [0.2, 0.25) is 0 Å². The lowest BCUT2D eigenvalue weighted by molar-refractivity contribution is -0.124. The molecule has 1 rings (SSSR count). The molecule has 0 N–H and O–H groups in total. The van der Waals surface area contributed by atoms with E-state index in [4.69, 9.17) is 16.3 Å². The largest absolute Gasteiger partial charge is 0.444 e. The highest BCUT2D eigenvalue weighted by atomic mass is 35.5. The van der Waals surface area contributed by atoms with E-state index in [1.165, 1.54) is 4.90 Å². The molecule has 0 spiro atoms. The molecule has 18 heavy (non-hydrogen) atoms. The van der Waals surface area contributed by atoms with Crippen molar-refractivity contribution in [2.75, 3.05) is 7.05 Å². The molecule has 1 fully saturated rings. The van der Waals surface area contributed by atoms with Crippen LogP contribution in [0.15, 0.2) is 11.6 Å². The van der Waals surface area contributed by atoms with E-state index < -0.39 is 17.2 Å². The van der Waals surface area contributed by atoms with Crippen LogP contribution in [0.3, 0.4) is 0 Å². The van der Waals surface area contributed by atoms with Gasteiger partial charge in [0.15, 0.2) is 5.78 Å². The van der Waals surface area contributed by atoms with E-state index in [2.05, 4.69) is 6.58 Å². The van der Waals surface area contributed by atoms with E-state index in [0.717, 1.165) is 0 Å². The van der Waals surface area contributed by atoms with Crippen molar-refractivity contribution in [3.8, 4) is 0 Å². The van der Waals surface area contributed by atoms with E-state index >= 15 is 0 Å². The third-order valence-corrected chi connectivity index (χ3v) is 3.04. The minimum Gasteiger partial charge on any atom is -0.444 e. The Morgan fingerprint density at radius 3 is 2.22 bits per heavy atom. The van der Waals surface area contributed by atoms with Crippen molar-refractivity contribution in [3.63, 3.8) is 0 Å². The number of ether oxygens (including phenoxy) is 1. The summed E-state index contributed by atoms with van der Waals surface area (Å²) in [5.74, 6) is -0.0733. The molecule has 5 heteroatoms. The van der Waals surface area contributed by atoms with Gasteiger partial charge in [-0.05, 0) is 33.6 Å². The number of Topliss-reactive ketones (excluding diaryl/α,β-unsaturated/α-hetero) is 1. The number of hydrogen-bond donors (Lipinski definition) is 0. The van der Waals surface area contributed by atoms with E-state index in [0.29, 0.717) is 17.9 Å². The number of likely N-dealkylation sites (N-methyl/N-ethyl adjacent to an activating group) is 1. The summed E-state index contributed by atoms with van der Waals surface area (Å²) in [6.07, 6.45) is 0.931. The Morgan fingerprint density at radius 2 is 1.89 bits per heavy atom. The quantitative estimate of drug-likeness (QED) is 0.791. The average molecular weight is 274 g/mol. The number of hydrogen-bond acceptors (Lipinski definition) is 3. The van der Waals surface area contributed by atoms with Crippen LogP contribution in [0.25, 0.3) is 0 Å². The molecule has 0 unspecified atom stereocenters. The molecule has 1 amide bonds. The summed E-state index contributed by atoms with van der Waals surface area (Å²) in [6, 6.07) is 0. The highest BCUT2D eigenvalue weighted by Gasteiger charge is 2.55. The predicted molar refractivity (Wildman–Crippen MR) is 70.6 cm³/mol. The zero-order valence-electron chi connectivity index (χ0n) is 11.4. The molecule has 0 atom stereocenters. The van der Waals surface area contributed by atoms with E-state index in [1.54, 1.807) is 27.8 Å². The molecule has 4 nitrogen and oxygen atoms in total. The van der Waals surface area contributed by atoms with Gasteiger partial charge in [0.05, 0.1) is 0 Å². The Bertz CT molecular complexity index is 380. The van der Waals surface area contributed by atoms with Gasteiger partial charge in [0.1, 0.15) is 11.1 Å². The topological polar surface area (TPSA) is 46.6 Å². The maximum absolute atomic E-state index is 12.1. The van der Waals surface area contributed by atoms with Crippen LogP contribution < -0.4 is 0 Å². The number of nitrogens with zero attached hydrogens (tertiary/aromatic N) is 1. The van der Waals surface area contributed by atoms with Crippen molar-refractivity contribution in [3.05, 3.63) is 11.6 Å². The van der Waals surface area contributed by atoms with Crippen LogP contribution >= 0.6 is 11.6 Å². The van der Waals surface area contributed by atoms with Crippen LogP contribution in [0.2, 0.25) is 0 Å². The van der Waals surface area contributed by atoms with Gasteiger partial charge in [-0.15, -0.1) is 0 Å². The highest BCUT2D eigenvalue weighted by Crippen LogP contribution is 2.43. The number of amides is 1. The van der Waals surface area contributed by atoms with E-state index in [1.807, 2.05) is 0 Å². The second-order valence-electron chi connectivity index (χ2n) is 5.69. The molecule has 0 aromatic carbocycles. The zero-order valence-corrected chi connectivity index (χ0v) is 12.1. The maximum Gasteiger partial charge on any atom is 0.410 e. The molecule has 0 aromatic rings. The number of rotatable bonds is 4. The number of halogens is 1. The first-order valence-electron chi connectivity index (χ1n) is 5.92. The number of allylic oxidation sites excluding steroid dienone is 1. The first kappa shape index (κ1) is 15.0. The summed E-state index contributed by atoms with van der Waals surface area (Å²) in [6.45, 7) is 8.89. The van der Waals surface area contributed by atoms with Gasteiger partial charge in [0.25, 0.3) is 0 Å². The number of carbonyl (C=O) groups is 2. The van der Waals surface area contributed by atoms with Crippen molar-refractivity contribution in [1.29, 1.82) is 0 Å². The Labute approximate surface area is 113 Å². The van der Waals surface area contributed by atoms with Crippen LogP contribution in [0.5, 0.6) is 0 Å². The first-order chi connectivity index (χ1) is 8.08. The maximum atomic E-state index is 12.1. The smallest absolute Gasteiger partial charge is 0.410 e. The van der Waals surface area contributed by atoms with Gasteiger partial charge in [-0.1, -0.05) is 18.2 Å². The van der Waals surface area contributed by atoms with Gasteiger partial charge in [-0.3, -0.25) is 9.69 Å². The third kappa shape index (κ3) is 3.48. The molecule has 1 saturated carbocycles. The van der Waals surface area contributed by atoms with Crippen molar-refractivity contribution in [1.82, 2.24) is 4.90 Å². The van der Waals surface area contributed by atoms with Gasteiger partial charge in [0, 0.05) is 18.5 Å². The zero-order chi connectivity index (χ0) is 14.1.